The zero-order chi connectivity index (χ0) is 14.8. The van der Waals surface area contributed by atoms with Crippen LogP contribution in [0.4, 0.5) is 5.69 Å². The number of thioether (sulfide) groups is 1. The Morgan fingerprint density at radius 2 is 2.05 bits per heavy atom. The van der Waals surface area contributed by atoms with Crippen LogP contribution in [0.3, 0.4) is 0 Å². The molecular weight excluding hydrogens is 321 g/mol. The second kappa shape index (κ2) is 6.02. The second-order valence-electron chi connectivity index (χ2n) is 4.39. The zero-order valence-electron chi connectivity index (χ0n) is 11.1. The van der Waals surface area contributed by atoms with Crippen molar-refractivity contribution in [2.24, 2.45) is 0 Å². The van der Waals surface area contributed by atoms with Gasteiger partial charge in [0.25, 0.3) is 5.91 Å². The van der Waals surface area contributed by atoms with Gasteiger partial charge in [-0.1, -0.05) is 23.2 Å². The Balaban J connectivity index is 2.13. The highest BCUT2D eigenvalue weighted by Crippen LogP contribution is 2.48. The lowest BCUT2D eigenvalue weighted by atomic mass is 10.2. The monoisotopic (exact) mass is 335 g/mol. The summed E-state index contributed by atoms with van der Waals surface area (Å²) in [6, 6.07) is 6.97. The largest absolute Gasteiger partial charge is 0.497 e. The average molecular weight is 336 g/mol. The highest BCUT2D eigenvalue weighted by Gasteiger charge is 2.55. The summed E-state index contributed by atoms with van der Waals surface area (Å²) in [6.45, 7) is 2.07. The molecule has 0 spiro atoms. The molecule has 1 N–H and O–H groups in total. The van der Waals surface area contributed by atoms with Crippen LogP contribution in [-0.4, -0.2) is 34.6 Å². The number of alkyl halides is 2. The van der Waals surface area contributed by atoms with Gasteiger partial charge in [-0.15, -0.1) is 11.8 Å². The molecule has 0 aromatic heterocycles. The average Bonchev–Trinajstić information content (AvgIpc) is 2.43. The van der Waals surface area contributed by atoms with Gasteiger partial charge < -0.3 is 14.8 Å². The van der Waals surface area contributed by atoms with Gasteiger partial charge in [0.15, 0.2) is 5.06 Å². The van der Waals surface area contributed by atoms with Gasteiger partial charge in [0.1, 0.15) is 5.75 Å². The fourth-order valence-electron chi connectivity index (χ4n) is 1.79. The van der Waals surface area contributed by atoms with E-state index in [1.807, 2.05) is 0 Å². The minimum absolute atomic E-state index is 0.397. The first kappa shape index (κ1) is 15.8. The lowest BCUT2D eigenvalue weighted by molar-refractivity contribution is -0.120. The third-order valence-electron chi connectivity index (χ3n) is 2.97. The van der Waals surface area contributed by atoms with Gasteiger partial charge in [0, 0.05) is 11.4 Å². The molecule has 1 saturated heterocycles. The van der Waals surface area contributed by atoms with Crippen molar-refractivity contribution in [1.29, 1.82) is 0 Å². The first-order chi connectivity index (χ1) is 9.39. The summed E-state index contributed by atoms with van der Waals surface area (Å²) in [6.07, 6.45) is 0. The summed E-state index contributed by atoms with van der Waals surface area (Å²) in [5.41, 5.74) is 0.620. The maximum Gasteiger partial charge on any atom is 0.260 e. The highest BCUT2D eigenvalue weighted by atomic mass is 35.5. The van der Waals surface area contributed by atoms with E-state index in [0.29, 0.717) is 23.8 Å². The molecule has 1 aliphatic heterocycles. The van der Waals surface area contributed by atoms with Gasteiger partial charge >= 0.3 is 0 Å². The van der Waals surface area contributed by atoms with Crippen LogP contribution in [0.5, 0.6) is 5.75 Å². The zero-order valence-corrected chi connectivity index (χ0v) is 13.4. The van der Waals surface area contributed by atoms with E-state index in [1.165, 1.54) is 11.8 Å². The number of amides is 1. The fourth-order valence-corrected chi connectivity index (χ4v) is 3.40. The van der Waals surface area contributed by atoms with E-state index >= 15 is 0 Å². The minimum Gasteiger partial charge on any atom is -0.497 e. The summed E-state index contributed by atoms with van der Waals surface area (Å²) < 4.78 is 9.10. The van der Waals surface area contributed by atoms with Crippen molar-refractivity contribution >= 4 is 46.6 Å². The van der Waals surface area contributed by atoms with Crippen molar-refractivity contribution in [2.45, 2.75) is 16.2 Å². The predicted octanol–water partition coefficient (Wildman–Crippen LogP) is 3.29. The number of carbonyl (C=O) groups excluding carboxylic acids is 1. The molecule has 1 aromatic carbocycles. The van der Waals surface area contributed by atoms with Gasteiger partial charge in [0.05, 0.1) is 13.7 Å². The molecule has 2 atom stereocenters. The normalized spacial score (nSPS) is 29.8. The molecule has 1 amide bonds. The van der Waals surface area contributed by atoms with Gasteiger partial charge in [-0.2, -0.15) is 0 Å². The van der Waals surface area contributed by atoms with Gasteiger partial charge in [0.2, 0.25) is 4.21 Å². The number of methoxy groups -OCH3 is 1. The third-order valence-corrected chi connectivity index (χ3v) is 5.78. The van der Waals surface area contributed by atoms with Crippen LogP contribution in [0.1, 0.15) is 6.92 Å². The first-order valence-corrected chi connectivity index (χ1v) is 7.74. The Morgan fingerprint density at radius 1 is 1.40 bits per heavy atom. The van der Waals surface area contributed by atoms with Gasteiger partial charge in [-0.25, -0.2) is 0 Å². The second-order valence-corrected chi connectivity index (χ2v) is 7.21. The Hall–Kier alpha value is -0.620. The molecule has 2 rings (SSSR count). The van der Waals surface area contributed by atoms with Crippen LogP contribution in [-0.2, 0) is 9.53 Å². The number of benzene rings is 1. The topological polar surface area (TPSA) is 47.6 Å². The van der Waals surface area contributed by atoms with Crippen LogP contribution in [0.25, 0.3) is 0 Å². The number of hydrogen-bond donors (Lipinski definition) is 1. The van der Waals surface area contributed by atoms with Gasteiger partial charge in [-0.05, 0) is 31.2 Å². The first-order valence-electron chi connectivity index (χ1n) is 6.00. The maximum absolute atomic E-state index is 12.4. The molecule has 0 saturated carbocycles. The molecule has 1 heterocycles. The Bertz CT molecular complexity index is 495. The molecule has 0 radical (unpaired) electrons. The van der Waals surface area contributed by atoms with Crippen molar-refractivity contribution < 1.29 is 14.3 Å². The summed E-state index contributed by atoms with van der Waals surface area (Å²) >= 11 is 13.9. The smallest absolute Gasteiger partial charge is 0.260 e. The fraction of sp³-hybridized carbons (Fsp3) is 0.462. The summed E-state index contributed by atoms with van der Waals surface area (Å²) in [7, 11) is 1.58. The molecule has 20 heavy (non-hydrogen) atoms. The Labute approximate surface area is 132 Å². The molecular formula is C13H15Cl2NO3S. The van der Waals surface area contributed by atoms with Crippen molar-refractivity contribution in [2.75, 3.05) is 24.8 Å². The molecule has 0 bridgehead atoms. The maximum atomic E-state index is 12.4. The van der Waals surface area contributed by atoms with Crippen LogP contribution < -0.4 is 10.1 Å². The number of rotatable bonds is 3. The number of carbonyl (C=O) groups is 1. The number of anilines is 1. The van der Waals surface area contributed by atoms with Crippen molar-refractivity contribution in [1.82, 2.24) is 0 Å². The quantitative estimate of drug-likeness (QED) is 0.861. The van der Waals surface area contributed by atoms with Crippen molar-refractivity contribution in [3.63, 3.8) is 0 Å². The standard InChI is InChI=1S/C13H15Cl2NO3S/c1-12(14)13(15,20-8-7-19-12)11(17)16-9-3-5-10(18-2)6-4-9/h3-6H,7-8H2,1-2H3,(H,16,17)/t12-,13-/m1/s1. The summed E-state index contributed by atoms with van der Waals surface area (Å²) in [4.78, 5) is 12.4. The lowest BCUT2D eigenvalue weighted by Crippen LogP contribution is -2.54. The van der Waals surface area contributed by atoms with E-state index in [4.69, 9.17) is 32.7 Å². The Morgan fingerprint density at radius 3 is 2.60 bits per heavy atom. The molecule has 110 valence electrons. The molecule has 0 unspecified atom stereocenters. The van der Waals surface area contributed by atoms with E-state index in [-0.39, 0.29) is 0 Å². The SMILES string of the molecule is COc1ccc(NC(=O)[C@@]2(Cl)SCCO[C@@]2(C)Cl)cc1. The van der Waals surface area contributed by atoms with Gasteiger partial charge in [-0.3, -0.25) is 4.79 Å². The lowest BCUT2D eigenvalue weighted by Gasteiger charge is -2.41. The van der Waals surface area contributed by atoms with Crippen LogP contribution in [0.2, 0.25) is 0 Å². The van der Waals surface area contributed by atoms with E-state index in [0.717, 1.165) is 0 Å². The van der Waals surface area contributed by atoms with Crippen LogP contribution in [0, 0.1) is 0 Å². The van der Waals surface area contributed by atoms with Crippen molar-refractivity contribution in [3.05, 3.63) is 24.3 Å². The third kappa shape index (κ3) is 3.01. The molecule has 1 aromatic rings. The van der Waals surface area contributed by atoms with E-state index in [1.54, 1.807) is 38.3 Å². The van der Waals surface area contributed by atoms with Crippen molar-refractivity contribution in [3.8, 4) is 5.75 Å². The summed E-state index contributed by atoms with van der Waals surface area (Å²) in [5, 5.41) is 1.49. The molecule has 1 fully saturated rings. The van der Waals surface area contributed by atoms with E-state index in [2.05, 4.69) is 5.32 Å². The number of halogens is 2. The number of hydrogen-bond acceptors (Lipinski definition) is 4. The van der Waals surface area contributed by atoms with E-state index < -0.39 is 15.2 Å². The highest BCUT2D eigenvalue weighted by molar-refractivity contribution is 8.03. The molecule has 1 aliphatic rings. The molecule has 0 aliphatic carbocycles. The molecule has 4 nitrogen and oxygen atoms in total. The number of ether oxygens (including phenoxy) is 2. The summed E-state index contributed by atoms with van der Waals surface area (Å²) in [5.74, 6) is 0.926. The van der Waals surface area contributed by atoms with E-state index in [9.17, 15) is 4.79 Å². The minimum atomic E-state index is -1.37. The predicted molar refractivity (Wildman–Crippen MR) is 82.9 cm³/mol. The van der Waals surface area contributed by atoms with Crippen LogP contribution >= 0.6 is 35.0 Å². The molecule has 7 heteroatoms. The van der Waals surface area contributed by atoms with Crippen LogP contribution in [0.15, 0.2) is 24.3 Å². The number of nitrogens with one attached hydrogen (secondary N) is 1. The Kier molecular flexibility index (Phi) is 4.74.